The van der Waals surface area contributed by atoms with Crippen LogP contribution in [0, 0.1) is 5.82 Å². The summed E-state index contributed by atoms with van der Waals surface area (Å²) in [6.45, 7) is 5.38. The van der Waals surface area contributed by atoms with Gasteiger partial charge in [-0.15, -0.1) is 0 Å². The Labute approximate surface area is 82.2 Å². The van der Waals surface area contributed by atoms with Gasteiger partial charge in [-0.05, 0) is 25.1 Å². The van der Waals surface area contributed by atoms with Gasteiger partial charge in [0.1, 0.15) is 5.82 Å². The molecule has 0 saturated heterocycles. The van der Waals surface area contributed by atoms with Gasteiger partial charge in [-0.1, -0.05) is 12.2 Å². The molecule has 0 heterocycles. The van der Waals surface area contributed by atoms with Gasteiger partial charge in [-0.2, -0.15) is 0 Å². The Hall–Kier alpha value is -1.64. The van der Waals surface area contributed by atoms with Gasteiger partial charge >= 0.3 is 0 Å². The van der Waals surface area contributed by atoms with E-state index in [0.717, 1.165) is 11.6 Å². The van der Waals surface area contributed by atoms with Crippen molar-refractivity contribution in [2.45, 2.75) is 13.3 Å². The predicted octanol–water partition coefficient (Wildman–Crippen LogP) is 2.56. The zero-order valence-electron chi connectivity index (χ0n) is 8.01. The summed E-state index contributed by atoms with van der Waals surface area (Å²) in [7, 11) is 0. The summed E-state index contributed by atoms with van der Waals surface area (Å²) in [4.78, 5) is 11.5. The monoisotopic (exact) mass is 193 g/mol. The van der Waals surface area contributed by atoms with E-state index >= 15 is 0 Å². The van der Waals surface area contributed by atoms with Crippen LogP contribution < -0.4 is 5.73 Å². The van der Waals surface area contributed by atoms with Crippen molar-refractivity contribution in [3.8, 4) is 0 Å². The number of Topliss-reactive ketones (excluding diaryl/α,β-unsaturated/α-hetero) is 1. The fourth-order valence-electron chi connectivity index (χ4n) is 1.08. The van der Waals surface area contributed by atoms with Gasteiger partial charge in [0.05, 0.1) is 5.69 Å². The van der Waals surface area contributed by atoms with Gasteiger partial charge in [0.2, 0.25) is 0 Å². The van der Waals surface area contributed by atoms with Crippen LogP contribution in [0.25, 0.3) is 0 Å². The van der Waals surface area contributed by atoms with E-state index in [1.54, 1.807) is 6.92 Å². The predicted molar refractivity (Wildman–Crippen MR) is 54.6 cm³/mol. The number of ketones is 1. The number of nitrogen functional groups attached to an aromatic ring is 1. The summed E-state index contributed by atoms with van der Waals surface area (Å²) in [5.41, 5.74) is 6.43. The van der Waals surface area contributed by atoms with Crippen LogP contribution in [0.4, 0.5) is 10.1 Å². The summed E-state index contributed by atoms with van der Waals surface area (Å²) < 4.78 is 13.0. The van der Waals surface area contributed by atoms with Crippen molar-refractivity contribution in [3.05, 3.63) is 41.7 Å². The van der Waals surface area contributed by atoms with Crippen LogP contribution in [-0.4, -0.2) is 5.78 Å². The first-order chi connectivity index (χ1) is 6.50. The average Bonchev–Trinajstić information content (AvgIpc) is 2.08. The van der Waals surface area contributed by atoms with Crippen molar-refractivity contribution in [2.75, 3.05) is 5.73 Å². The average molecular weight is 193 g/mol. The minimum atomic E-state index is -0.558. The van der Waals surface area contributed by atoms with E-state index in [4.69, 9.17) is 5.73 Å². The Kier molecular flexibility index (Phi) is 3.02. The highest BCUT2D eigenvalue weighted by molar-refractivity contribution is 5.97. The molecule has 3 heteroatoms. The number of hydrogen-bond acceptors (Lipinski definition) is 2. The molecule has 2 N–H and O–H groups in total. The van der Waals surface area contributed by atoms with E-state index in [9.17, 15) is 9.18 Å². The Bertz CT molecular complexity index is 385. The standard InChI is InChI=1S/C11H12FNO/c1-7(2)5-11(14)8-3-4-10(13)9(12)6-8/h3-4,6H,1,5,13H2,2H3. The van der Waals surface area contributed by atoms with Gasteiger partial charge in [0, 0.05) is 12.0 Å². The maximum Gasteiger partial charge on any atom is 0.166 e. The third-order valence-electron chi connectivity index (χ3n) is 1.78. The zero-order chi connectivity index (χ0) is 10.7. The molecular formula is C11H12FNO. The van der Waals surface area contributed by atoms with E-state index in [1.165, 1.54) is 12.1 Å². The number of carbonyl (C=O) groups is 1. The van der Waals surface area contributed by atoms with E-state index in [2.05, 4.69) is 6.58 Å². The Balaban J connectivity index is 2.91. The van der Waals surface area contributed by atoms with Crippen LogP contribution >= 0.6 is 0 Å². The fraction of sp³-hybridized carbons (Fsp3) is 0.182. The number of benzene rings is 1. The molecule has 0 radical (unpaired) electrons. The van der Waals surface area contributed by atoms with Gasteiger partial charge in [-0.3, -0.25) is 4.79 Å². The molecule has 0 unspecified atom stereocenters. The van der Waals surface area contributed by atoms with Crippen LogP contribution in [0.1, 0.15) is 23.7 Å². The Morgan fingerprint density at radius 3 is 2.71 bits per heavy atom. The number of rotatable bonds is 3. The van der Waals surface area contributed by atoms with Crippen molar-refractivity contribution in [1.29, 1.82) is 0 Å². The molecule has 0 bridgehead atoms. The molecular weight excluding hydrogens is 181 g/mol. The molecule has 1 aromatic carbocycles. The third-order valence-corrected chi connectivity index (χ3v) is 1.78. The smallest absolute Gasteiger partial charge is 0.166 e. The molecule has 1 rings (SSSR count). The summed E-state index contributed by atoms with van der Waals surface area (Å²) in [5.74, 6) is -0.700. The number of halogens is 1. The van der Waals surface area contributed by atoms with Gasteiger partial charge < -0.3 is 5.73 Å². The summed E-state index contributed by atoms with van der Waals surface area (Å²) in [6, 6.07) is 4.06. The first kappa shape index (κ1) is 10.4. The van der Waals surface area contributed by atoms with Crippen molar-refractivity contribution in [3.63, 3.8) is 0 Å². The molecule has 0 spiro atoms. The number of allylic oxidation sites excluding steroid dienone is 1. The summed E-state index contributed by atoms with van der Waals surface area (Å²) in [5, 5.41) is 0. The third kappa shape index (κ3) is 2.42. The largest absolute Gasteiger partial charge is 0.396 e. The molecule has 1 aromatic rings. The molecule has 0 aliphatic rings. The minimum absolute atomic E-state index is 0.0527. The van der Waals surface area contributed by atoms with Crippen LogP contribution in [0.15, 0.2) is 30.4 Å². The molecule has 0 aliphatic heterocycles. The van der Waals surface area contributed by atoms with Gasteiger partial charge in [0.25, 0.3) is 0 Å². The van der Waals surface area contributed by atoms with E-state index in [1.807, 2.05) is 0 Å². The fourth-order valence-corrected chi connectivity index (χ4v) is 1.08. The normalized spacial score (nSPS) is 9.86. The Morgan fingerprint density at radius 2 is 2.21 bits per heavy atom. The maximum absolute atomic E-state index is 13.0. The molecule has 0 amide bonds. The van der Waals surface area contributed by atoms with Crippen LogP contribution in [0.2, 0.25) is 0 Å². The van der Waals surface area contributed by atoms with Crippen LogP contribution in [-0.2, 0) is 0 Å². The summed E-state index contributed by atoms with van der Waals surface area (Å²) >= 11 is 0. The van der Waals surface area contributed by atoms with E-state index in [0.29, 0.717) is 5.56 Å². The van der Waals surface area contributed by atoms with Crippen LogP contribution in [0.3, 0.4) is 0 Å². The highest BCUT2D eigenvalue weighted by Gasteiger charge is 2.08. The maximum atomic E-state index is 13.0. The Morgan fingerprint density at radius 1 is 1.57 bits per heavy atom. The van der Waals surface area contributed by atoms with Gasteiger partial charge in [-0.25, -0.2) is 4.39 Å². The first-order valence-corrected chi connectivity index (χ1v) is 4.23. The molecule has 0 aromatic heterocycles. The van der Waals surface area contributed by atoms with Crippen molar-refractivity contribution in [2.24, 2.45) is 0 Å². The second-order valence-electron chi connectivity index (χ2n) is 3.29. The molecule has 0 aliphatic carbocycles. The molecule has 0 atom stereocenters. The second kappa shape index (κ2) is 4.05. The van der Waals surface area contributed by atoms with E-state index in [-0.39, 0.29) is 17.9 Å². The number of anilines is 1. The lowest BCUT2D eigenvalue weighted by Gasteiger charge is -2.02. The number of carbonyl (C=O) groups excluding carboxylic acids is 1. The zero-order valence-corrected chi connectivity index (χ0v) is 8.01. The van der Waals surface area contributed by atoms with Crippen molar-refractivity contribution < 1.29 is 9.18 Å². The lowest BCUT2D eigenvalue weighted by atomic mass is 10.0. The molecule has 14 heavy (non-hydrogen) atoms. The molecule has 74 valence electrons. The van der Waals surface area contributed by atoms with Crippen molar-refractivity contribution >= 4 is 11.5 Å². The number of hydrogen-bond donors (Lipinski definition) is 1. The highest BCUT2D eigenvalue weighted by atomic mass is 19.1. The minimum Gasteiger partial charge on any atom is -0.396 e. The quantitative estimate of drug-likeness (QED) is 0.455. The second-order valence-corrected chi connectivity index (χ2v) is 3.29. The van der Waals surface area contributed by atoms with E-state index < -0.39 is 5.82 Å². The lowest BCUT2D eigenvalue weighted by Crippen LogP contribution is -2.01. The summed E-state index contributed by atoms with van der Waals surface area (Å²) in [6.07, 6.45) is 0.239. The molecule has 0 saturated carbocycles. The SMILES string of the molecule is C=C(C)CC(=O)c1ccc(N)c(F)c1. The van der Waals surface area contributed by atoms with Crippen molar-refractivity contribution in [1.82, 2.24) is 0 Å². The van der Waals surface area contributed by atoms with Crippen LogP contribution in [0.5, 0.6) is 0 Å². The highest BCUT2D eigenvalue weighted by Crippen LogP contribution is 2.14. The first-order valence-electron chi connectivity index (χ1n) is 4.23. The molecule has 0 fully saturated rings. The molecule has 2 nitrogen and oxygen atoms in total. The lowest BCUT2D eigenvalue weighted by molar-refractivity contribution is 0.0993. The van der Waals surface area contributed by atoms with Gasteiger partial charge in [0.15, 0.2) is 5.78 Å². The topological polar surface area (TPSA) is 43.1 Å². The number of nitrogens with two attached hydrogens (primary N) is 1.